The molecule has 2 aromatic rings. The van der Waals surface area contributed by atoms with Crippen LogP contribution in [0.15, 0.2) is 41.0 Å². The maximum absolute atomic E-state index is 12.3. The Hall–Kier alpha value is -1.74. The highest BCUT2D eigenvalue weighted by molar-refractivity contribution is 6.32. The van der Waals surface area contributed by atoms with Crippen molar-refractivity contribution < 1.29 is 9.21 Å². The molecule has 1 heterocycles. The summed E-state index contributed by atoms with van der Waals surface area (Å²) in [4.78, 5) is 12.3. The van der Waals surface area contributed by atoms with Gasteiger partial charge in [0.15, 0.2) is 0 Å². The Morgan fingerprint density at radius 2 is 1.90 bits per heavy atom. The van der Waals surface area contributed by atoms with Gasteiger partial charge in [0.25, 0.3) is 5.91 Å². The average Bonchev–Trinajstić information content (AvgIpc) is 2.90. The van der Waals surface area contributed by atoms with Gasteiger partial charge in [-0.15, -0.1) is 0 Å². The number of nitrogens with one attached hydrogen (secondary N) is 1. The van der Waals surface area contributed by atoms with E-state index in [0.29, 0.717) is 5.56 Å². The summed E-state index contributed by atoms with van der Waals surface area (Å²) in [5.41, 5.74) is 2.74. The van der Waals surface area contributed by atoms with E-state index < -0.39 is 0 Å². The lowest BCUT2D eigenvalue weighted by Crippen LogP contribution is -2.31. The molecule has 0 aliphatic rings. The molecule has 2 rings (SSSR count). The minimum Gasteiger partial charge on any atom is -0.452 e. The Morgan fingerprint density at radius 1 is 1.24 bits per heavy atom. The molecule has 1 aromatic heterocycles. The molecule has 0 saturated carbocycles. The second kappa shape index (κ2) is 6.81. The van der Waals surface area contributed by atoms with Gasteiger partial charge in [0.05, 0.1) is 17.9 Å². The number of amides is 1. The summed E-state index contributed by atoms with van der Waals surface area (Å²) in [6.45, 7) is 6.28. The van der Waals surface area contributed by atoms with Crippen LogP contribution in [0.25, 0.3) is 0 Å². The Balaban J connectivity index is 2.19. The summed E-state index contributed by atoms with van der Waals surface area (Å²) >= 11 is 5.86. The Bertz CT molecular complexity index is 602. The van der Waals surface area contributed by atoms with Crippen molar-refractivity contribution in [2.24, 2.45) is 5.92 Å². The number of hydrogen-bond donors (Lipinski definition) is 1. The van der Waals surface area contributed by atoms with Crippen LogP contribution in [0.5, 0.6) is 0 Å². The van der Waals surface area contributed by atoms with Crippen molar-refractivity contribution in [2.75, 3.05) is 0 Å². The van der Waals surface area contributed by atoms with Crippen molar-refractivity contribution in [1.82, 2.24) is 5.32 Å². The number of aryl methyl sites for hydroxylation is 1. The highest BCUT2D eigenvalue weighted by atomic mass is 35.5. The van der Waals surface area contributed by atoms with E-state index >= 15 is 0 Å². The molecule has 1 atom stereocenters. The van der Waals surface area contributed by atoms with Crippen molar-refractivity contribution in [1.29, 1.82) is 0 Å². The Morgan fingerprint density at radius 3 is 2.38 bits per heavy atom. The van der Waals surface area contributed by atoms with Gasteiger partial charge < -0.3 is 9.73 Å². The Kier molecular flexibility index (Phi) is 5.07. The van der Waals surface area contributed by atoms with Crippen LogP contribution in [0.3, 0.4) is 0 Å². The topological polar surface area (TPSA) is 42.2 Å². The van der Waals surface area contributed by atoms with E-state index in [4.69, 9.17) is 16.0 Å². The Labute approximate surface area is 130 Å². The van der Waals surface area contributed by atoms with Gasteiger partial charge in [-0.25, -0.2) is 0 Å². The number of carbonyl (C=O) groups excluding carboxylic acids is 1. The summed E-state index contributed by atoms with van der Waals surface area (Å²) < 4.78 is 4.97. The van der Waals surface area contributed by atoms with Crippen LogP contribution in [0.4, 0.5) is 0 Å². The number of furan rings is 1. The first kappa shape index (κ1) is 15.6. The fraction of sp³-hybridized carbons (Fsp3) is 0.353. The summed E-state index contributed by atoms with van der Waals surface area (Å²) in [6, 6.07) is 9.86. The van der Waals surface area contributed by atoms with Crippen molar-refractivity contribution in [3.8, 4) is 0 Å². The minimum absolute atomic E-state index is 0.0608. The average molecular weight is 306 g/mol. The van der Waals surface area contributed by atoms with Crippen LogP contribution >= 0.6 is 11.6 Å². The summed E-state index contributed by atoms with van der Waals surface area (Å²) in [5, 5.41) is 3.15. The smallest absolute Gasteiger partial charge is 0.256 e. The third kappa shape index (κ3) is 3.67. The lowest BCUT2D eigenvalue weighted by atomic mass is 9.94. The molecule has 1 unspecified atom stereocenters. The molecule has 112 valence electrons. The predicted octanol–water partition coefficient (Wildman–Crippen LogP) is 4.62. The van der Waals surface area contributed by atoms with Gasteiger partial charge >= 0.3 is 0 Å². The number of carbonyl (C=O) groups is 1. The molecule has 1 amide bonds. The van der Waals surface area contributed by atoms with E-state index in [9.17, 15) is 4.79 Å². The van der Waals surface area contributed by atoms with E-state index in [-0.39, 0.29) is 23.1 Å². The van der Waals surface area contributed by atoms with E-state index in [2.05, 4.69) is 50.4 Å². The van der Waals surface area contributed by atoms with Gasteiger partial charge in [-0.3, -0.25) is 4.79 Å². The first-order valence-electron chi connectivity index (χ1n) is 7.15. The third-order valence-electron chi connectivity index (χ3n) is 3.56. The highest BCUT2D eigenvalue weighted by Crippen LogP contribution is 2.24. The van der Waals surface area contributed by atoms with Gasteiger partial charge in [-0.2, -0.15) is 0 Å². The number of benzene rings is 1. The molecule has 0 spiro atoms. The normalized spacial score (nSPS) is 12.4. The molecule has 3 nitrogen and oxygen atoms in total. The first-order chi connectivity index (χ1) is 10.0. The molecule has 0 radical (unpaired) electrons. The summed E-state index contributed by atoms with van der Waals surface area (Å²) in [7, 11) is 0. The molecule has 0 aliphatic heterocycles. The maximum atomic E-state index is 12.3. The van der Waals surface area contributed by atoms with E-state index in [0.717, 1.165) is 12.0 Å². The van der Waals surface area contributed by atoms with Gasteiger partial charge in [-0.1, -0.05) is 45.0 Å². The van der Waals surface area contributed by atoms with Crippen molar-refractivity contribution in [3.05, 3.63) is 58.5 Å². The van der Waals surface area contributed by atoms with Crippen LogP contribution in [0.1, 0.15) is 48.3 Å². The van der Waals surface area contributed by atoms with Crippen molar-refractivity contribution in [2.45, 2.75) is 33.2 Å². The quantitative estimate of drug-likeness (QED) is 0.875. The van der Waals surface area contributed by atoms with Crippen LogP contribution in [-0.2, 0) is 6.42 Å². The molecule has 21 heavy (non-hydrogen) atoms. The molecular formula is C17H20ClNO2. The molecule has 1 aromatic carbocycles. The highest BCUT2D eigenvalue weighted by Gasteiger charge is 2.21. The zero-order valence-corrected chi connectivity index (χ0v) is 13.3. The fourth-order valence-electron chi connectivity index (χ4n) is 2.27. The maximum Gasteiger partial charge on any atom is 0.256 e. The lowest BCUT2D eigenvalue weighted by molar-refractivity contribution is 0.0925. The summed E-state index contributed by atoms with van der Waals surface area (Å²) in [6.07, 6.45) is 2.42. The third-order valence-corrected chi connectivity index (χ3v) is 3.86. The van der Waals surface area contributed by atoms with Crippen molar-refractivity contribution in [3.63, 3.8) is 0 Å². The zero-order valence-electron chi connectivity index (χ0n) is 12.5. The van der Waals surface area contributed by atoms with Gasteiger partial charge in [-0.05, 0) is 41.1 Å². The molecule has 1 N–H and O–H groups in total. The molecule has 0 bridgehead atoms. The SMILES string of the molecule is CCc1ccc(C(NC(=O)c2ccoc2Cl)C(C)C)cc1. The van der Waals surface area contributed by atoms with Crippen LogP contribution in [0, 0.1) is 5.92 Å². The van der Waals surface area contributed by atoms with Crippen LogP contribution < -0.4 is 5.32 Å². The molecular weight excluding hydrogens is 286 g/mol. The minimum atomic E-state index is -0.216. The number of hydrogen-bond acceptors (Lipinski definition) is 2. The van der Waals surface area contributed by atoms with E-state index in [1.54, 1.807) is 6.07 Å². The van der Waals surface area contributed by atoms with E-state index in [1.165, 1.54) is 11.8 Å². The predicted molar refractivity (Wildman–Crippen MR) is 84.6 cm³/mol. The molecule has 4 heteroatoms. The van der Waals surface area contributed by atoms with Crippen molar-refractivity contribution >= 4 is 17.5 Å². The monoisotopic (exact) mass is 305 g/mol. The zero-order chi connectivity index (χ0) is 15.4. The largest absolute Gasteiger partial charge is 0.452 e. The number of halogens is 1. The summed E-state index contributed by atoms with van der Waals surface area (Å²) in [5.74, 6) is 0.0547. The fourth-order valence-corrected chi connectivity index (χ4v) is 2.47. The standard InChI is InChI=1S/C17H20ClNO2/c1-4-12-5-7-13(8-6-12)15(11(2)3)19-17(20)14-9-10-21-16(14)18/h5-11,15H,4H2,1-3H3,(H,19,20). The van der Waals surface area contributed by atoms with Crippen LogP contribution in [-0.4, -0.2) is 5.91 Å². The van der Waals surface area contributed by atoms with Gasteiger partial charge in [0.1, 0.15) is 0 Å². The lowest BCUT2D eigenvalue weighted by Gasteiger charge is -2.23. The molecule has 0 fully saturated rings. The molecule has 0 saturated heterocycles. The van der Waals surface area contributed by atoms with E-state index in [1.807, 2.05) is 0 Å². The second-order valence-electron chi connectivity index (χ2n) is 5.40. The molecule has 0 aliphatic carbocycles. The second-order valence-corrected chi connectivity index (χ2v) is 5.74. The van der Waals surface area contributed by atoms with Gasteiger partial charge in [0, 0.05) is 0 Å². The number of rotatable bonds is 5. The first-order valence-corrected chi connectivity index (χ1v) is 7.53. The van der Waals surface area contributed by atoms with Gasteiger partial charge in [0.2, 0.25) is 5.22 Å². The van der Waals surface area contributed by atoms with Crippen LogP contribution in [0.2, 0.25) is 5.22 Å².